The molecular weight excluding hydrogens is 306 g/mol. The third-order valence-corrected chi connectivity index (χ3v) is 4.05. The van der Waals surface area contributed by atoms with Crippen LogP contribution in [0.3, 0.4) is 0 Å². The highest BCUT2D eigenvalue weighted by atomic mass is 16.5. The van der Waals surface area contributed by atoms with E-state index in [0.717, 1.165) is 5.56 Å². The zero-order valence-electron chi connectivity index (χ0n) is 13.7. The summed E-state index contributed by atoms with van der Waals surface area (Å²) in [6, 6.07) is 17.1. The van der Waals surface area contributed by atoms with Gasteiger partial charge in [-0.25, -0.2) is 4.79 Å². The first-order chi connectivity index (χ1) is 11.5. The molecule has 2 aromatic rings. The smallest absolute Gasteiger partial charge is 0.326 e. The average molecular weight is 327 g/mol. The van der Waals surface area contributed by atoms with E-state index in [1.807, 2.05) is 36.4 Å². The molecule has 126 valence electrons. The maximum Gasteiger partial charge on any atom is 0.326 e. The van der Waals surface area contributed by atoms with Crippen molar-refractivity contribution in [1.82, 2.24) is 5.32 Å². The third kappa shape index (κ3) is 4.00. The quantitative estimate of drug-likeness (QED) is 0.818. The lowest BCUT2D eigenvalue weighted by Crippen LogP contribution is -2.51. The highest BCUT2D eigenvalue weighted by molar-refractivity contribution is 5.90. The number of carbonyl (C=O) groups is 2. The summed E-state index contributed by atoms with van der Waals surface area (Å²) in [6.07, 6.45) is 0.205. The van der Waals surface area contributed by atoms with Crippen molar-refractivity contribution in [3.05, 3.63) is 71.8 Å². The van der Waals surface area contributed by atoms with Gasteiger partial charge < -0.3 is 15.2 Å². The van der Waals surface area contributed by atoms with Gasteiger partial charge in [-0.05, 0) is 18.1 Å². The molecule has 24 heavy (non-hydrogen) atoms. The number of hydrogen-bond donors (Lipinski definition) is 2. The average Bonchev–Trinajstić information content (AvgIpc) is 2.61. The number of ether oxygens (including phenoxy) is 1. The lowest BCUT2D eigenvalue weighted by Gasteiger charge is -2.29. The summed E-state index contributed by atoms with van der Waals surface area (Å²) in [5, 5.41) is 12.0. The normalized spacial score (nSPS) is 14.4. The van der Waals surface area contributed by atoms with Gasteiger partial charge in [0.1, 0.15) is 6.04 Å². The first-order valence-electron chi connectivity index (χ1n) is 7.65. The second kappa shape index (κ2) is 7.75. The Labute approximate surface area is 141 Å². The van der Waals surface area contributed by atoms with E-state index in [-0.39, 0.29) is 6.42 Å². The van der Waals surface area contributed by atoms with Crippen molar-refractivity contribution in [2.75, 3.05) is 7.11 Å². The molecule has 2 rings (SSSR count). The number of benzene rings is 2. The van der Waals surface area contributed by atoms with E-state index in [0.29, 0.717) is 5.56 Å². The van der Waals surface area contributed by atoms with Gasteiger partial charge in [-0.2, -0.15) is 0 Å². The molecule has 2 atom stereocenters. The fourth-order valence-electron chi connectivity index (χ4n) is 2.44. The Morgan fingerprint density at radius 1 is 1.08 bits per heavy atom. The van der Waals surface area contributed by atoms with Gasteiger partial charge in [0, 0.05) is 13.5 Å². The minimum absolute atomic E-state index is 0.205. The van der Waals surface area contributed by atoms with E-state index >= 15 is 0 Å². The second-order valence-corrected chi connectivity index (χ2v) is 5.66. The Hall–Kier alpha value is -2.66. The molecule has 0 aliphatic heterocycles. The molecule has 2 aromatic carbocycles. The Morgan fingerprint density at radius 2 is 1.62 bits per heavy atom. The van der Waals surface area contributed by atoms with E-state index in [1.54, 1.807) is 31.2 Å². The Morgan fingerprint density at radius 3 is 2.12 bits per heavy atom. The van der Waals surface area contributed by atoms with Crippen LogP contribution in [0.4, 0.5) is 0 Å². The molecule has 2 N–H and O–H groups in total. The molecule has 0 radical (unpaired) electrons. The molecule has 0 spiro atoms. The lowest BCUT2D eigenvalue weighted by molar-refractivity contribution is -0.149. The van der Waals surface area contributed by atoms with Crippen molar-refractivity contribution < 1.29 is 19.4 Å². The summed E-state index contributed by atoms with van der Waals surface area (Å²) in [4.78, 5) is 24.2. The molecule has 0 aliphatic rings. The number of carboxylic acids is 1. The van der Waals surface area contributed by atoms with Crippen molar-refractivity contribution in [1.29, 1.82) is 0 Å². The van der Waals surface area contributed by atoms with E-state index < -0.39 is 23.5 Å². The zero-order chi connectivity index (χ0) is 17.6. The van der Waals surface area contributed by atoms with Crippen LogP contribution in [0, 0.1) is 0 Å². The fraction of sp³-hybridized carbons (Fsp3) is 0.263. The van der Waals surface area contributed by atoms with Gasteiger partial charge in [0.05, 0.1) is 0 Å². The Bertz CT molecular complexity index is 687. The SMILES string of the molecule is CO[C@@](C)(C(=O)N[C@@H](Cc1ccccc1)C(=O)O)c1ccccc1. The highest BCUT2D eigenvalue weighted by Gasteiger charge is 2.37. The number of amides is 1. The predicted octanol–water partition coefficient (Wildman–Crippen LogP) is 2.36. The van der Waals surface area contributed by atoms with Crippen LogP contribution in [0.1, 0.15) is 18.1 Å². The summed E-state index contributed by atoms with van der Waals surface area (Å²) in [5.41, 5.74) is 0.240. The third-order valence-electron chi connectivity index (χ3n) is 4.05. The molecule has 0 saturated carbocycles. The van der Waals surface area contributed by atoms with Gasteiger partial charge in [-0.15, -0.1) is 0 Å². The summed E-state index contributed by atoms with van der Waals surface area (Å²) in [5.74, 6) is -1.57. The van der Waals surface area contributed by atoms with Gasteiger partial charge in [0.15, 0.2) is 5.60 Å². The molecule has 5 heteroatoms. The van der Waals surface area contributed by atoms with Crippen LogP contribution in [-0.2, 0) is 26.3 Å². The predicted molar refractivity (Wildman–Crippen MR) is 90.5 cm³/mol. The number of carboxylic acid groups (broad SMARTS) is 1. The molecule has 0 aromatic heterocycles. The molecular formula is C19H21NO4. The maximum atomic E-state index is 12.7. The Balaban J connectivity index is 2.19. The maximum absolute atomic E-state index is 12.7. The van der Waals surface area contributed by atoms with Crippen molar-refractivity contribution in [2.45, 2.75) is 25.0 Å². The second-order valence-electron chi connectivity index (χ2n) is 5.66. The summed E-state index contributed by atoms with van der Waals surface area (Å²) in [7, 11) is 1.43. The fourth-order valence-corrected chi connectivity index (χ4v) is 2.44. The molecule has 0 fully saturated rings. The van der Waals surface area contributed by atoms with Crippen LogP contribution < -0.4 is 5.32 Å². The van der Waals surface area contributed by atoms with Crippen LogP contribution in [0.25, 0.3) is 0 Å². The van der Waals surface area contributed by atoms with Crippen LogP contribution in [0.5, 0.6) is 0 Å². The number of carbonyl (C=O) groups excluding carboxylic acids is 1. The number of nitrogens with one attached hydrogen (secondary N) is 1. The standard InChI is InChI=1S/C19H21NO4/c1-19(24-2,15-11-7-4-8-12-15)18(23)20-16(17(21)22)13-14-9-5-3-6-10-14/h3-12,16H,13H2,1-2H3,(H,20,23)(H,21,22)/t16-,19+/m0/s1. The number of methoxy groups -OCH3 is 1. The molecule has 0 aliphatic carbocycles. The molecule has 0 unspecified atom stereocenters. The van der Waals surface area contributed by atoms with Crippen molar-refractivity contribution >= 4 is 11.9 Å². The number of hydrogen-bond acceptors (Lipinski definition) is 3. The van der Waals surface area contributed by atoms with Gasteiger partial charge in [0.25, 0.3) is 5.91 Å². The van der Waals surface area contributed by atoms with Crippen molar-refractivity contribution in [3.8, 4) is 0 Å². The molecule has 5 nitrogen and oxygen atoms in total. The van der Waals surface area contributed by atoms with Crippen LogP contribution >= 0.6 is 0 Å². The first kappa shape index (κ1) is 17.7. The Kier molecular flexibility index (Phi) is 5.71. The van der Waals surface area contributed by atoms with Gasteiger partial charge >= 0.3 is 5.97 Å². The minimum atomic E-state index is -1.26. The van der Waals surface area contributed by atoms with Crippen LogP contribution in [0.2, 0.25) is 0 Å². The minimum Gasteiger partial charge on any atom is -0.480 e. The van der Waals surface area contributed by atoms with Gasteiger partial charge in [-0.1, -0.05) is 60.7 Å². The topological polar surface area (TPSA) is 75.6 Å². The van der Waals surface area contributed by atoms with E-state index in [4.69, 9.17) is 4.74 Å². The van der Waals surface area contributed by atoms with Gasteiger partial charge in [-0.3, -0.25) is 4.79 Å². The highest BCUT2D eigenvalue weighted by Crippen LogP contribution is 2.25. The molecule has 1 amide bonds. The van der Waals surface area contributed by atoms with Crippen LogP contribution in [0.15, 0.2) is 60.7 Å². The summed E-state index contributed by atoms with van der Waals surface area (Å²) in [6.45, 7) is 1.62. The number of rotatable bonds is 7. The summed E-state index contributed by atoms with van der Waals surface area (Å²) >= 11 is 0. The largest absolute Gasteiger partial charge is 0.480 e. The summed E-state index contributed by atoms with van der Waals surface area (Å²) < 4.78 is 5.41. The first-order valence-corrected chi connectivity index (χ1v) is 7.65. The lowest BCUT2D eigenvalue weighted by atomic mass is 9.94. The van der Waals surface area contributed by atoms with E-state index in [1.165, 1.54) is 7.11 Å². The molecule has 0 saturated heterocycles. The number of aliphatic carboxylic acids is 1. The molecule has 0 bridgehead atoms. The molecule has 0 heterocycles. The van der Waals surface area contributed by atoms with Crippen LogP contribution in [-0.4, -0.2) is 30.1 Å². The van der Waals surface area contributed by atoms with Crippen molar-refractivity contribution in [2.24, 2.45) is 0 Å². The van der Waals surface area contributed by atoms with Gasteiger partial charge in [0.2, 0.25) is 0 Å². The van der Waals surface area contributed by atoms with E-state index in [9.17, 15) is 14.7 Å². The monoisotopic (exact) mass is 327 g/mol. The zero-order valence-corrected chi connectivity index (χ0v) is 13.7. The van der Waals surface area contributed by atoms with Crippen molar-refractivity contribution in [3.63, 3.8) is 0 Å². The van der Waals surface area contributed by atoms with E-state index in [2.05, 4.69) is 5.32 Å².